The number of morpholine rings is 1. The van der Waals surface area contributed by atoms with Crippen LogP contribution in [0, 0.1) is 0 Å². The third-order valence-corrected chi connectivity index (χ3v) is 5.42. The summed E-state index contributed by atoms with van der Waals surface area (Å²) >= 11 is 0. The number of nitrogens with zero attached hydrogens (tertiary/aromatic N) is 1. The Kier molecular flexibility index (Phi) is 5.74. The maximum absolute atomic E-state index is 12.5. The van der Waals surface area contributed by atoms with Gasteiger partial charge in [-0.2, -0.15) is 0 Å². The number of anilines is 1. The van der Waals surface area contributed by atoms with E-state index in [4.69, 9.17) is 10.5 Å². The number of benzene rings is 1. The second-order valence-electron chi connectivity index (χ2n) is 7.05. The number of hydrogen-bond acceptors (Lipinski definition) is 4. The van der Waals surface area contributed by atoms with Gasteiger partial charge in [-0.05, 0) is 37.0 Å². The average molecular weight is 331 g/mol. The average Bonchev–Trinajstić information content (AvgIpc) is 3.07. The molecule has 5 heteroatoms. The van der Waals surface area contributed by atoms with Gasteiger partial charge in [-0.3, -0.25) is 9.69 Å². The van der Waals surface area contributed by atoms with Crippen LogP contribution in [0.25, 0.3) is 0 Å². The fraction of sp³-hybridized carbons (Fsp3) is 0.632. The van der Waals surface area contributed by atoms with Crippen LogP contribution in [0.4, 0.5) is 5.69 Å². The highest BCUT2D eigenvalue weighted by atomic mass is 16.5. The summed E-state index contributed by atoms with van der Waals surface area (Å²) < 4.78 is 5.48. The van der Waals surface area contributed by atoms with E-state index in [2.05, 4.69) is 10.2 Å². The molecular weight excluding hydrogens is 302 g/mol. The van der Waals surface area contributed by atoms with Crippen molar-refractivity contribution < 1.29 is 9.53 Å². The van der Waals surface area contributed by atoms with Crippen molar-refractivity contribution in [2.24, 2.45) is 0 Å². The summed E-state index contributed by atoms with van der Waals surface area (Å²) in [7, 11) is 0. The smallest absolute Gasteiger partial charge is 0.221 e. The molecule has 0 atom stereocenters. The number of amides is 1. The Balaban J connectivity index is 1.49. The van der Waals surface area contributed by atoms with Crippen LogP contribution in [0.1, 0.15) is 37.7 Å². The molecule has 0 spiro atoms. The van der Waals surface area contributed by atoms with Gasteiger partial charge in [-0.15, -0.1) is 0 Å². The molecule has 1 aliphatic heterocycles. The number of nitrogens with one attached hydrogen (secondary N) is 1. The fourth-order valence-corrected chi connectivity index (χ4v) is 4.07. The van der Waals surface area contributed by atoms with E-state index in [1.165, 1.54) is 18.4 Å². The second-order valence-corrected chi connectivity index (χ2v) is 7.05. The Morgan fingerprint density at radius 2 is 1.83 bits per heavy atom. The van der Waals surface area contributed by atoms with Crippen molar-refractivity contribution in [3.05, 3.63) is 29.8 Å². The summed E-state index contributed by atoms with van der Waals surface area (Å²) in [5.41, 5.74) is 7.74. The lowest BCUT2D eigenvalue weighted by molar-refractivity contribution is -0.125. The Hall–Kier alpha value is -1.59. The van der Waals surface area contributed by atoms with Crippen molar-refractivity contribution in [1.29, 1.82) is 0 Å². The molecule has 1 aromatic carbocycles. The van der Waals surface area contributed by atoms with Gasteiger partial charge in [0.1, 0.15) is 0 Å². The molecule has 3 N–H and O–H groups in total. The molecule has 0 bridgehead atoms. The van der Waals surface area contributed by atoms with E-state index in [-0.39, 0.29) is 11.4 Å². The van der Waals surface area contributed by atoms with E-state index in [0.717, 1.165) is 51.3 Å². The first-order valence-electron chi connectivity index (χ1n) is 9.12. The molecule has 1 heterocycles. The van der Waals surface area contributed by atoms with Crippen LogP contribution in [-0.2, 0) is 16.0 Å². The molecule has 1 aliphatic carbocycles. The van der Waals surface area contributed by atoms with E-state index >= 15 is 0 Å². The molecule has 1 saturated carbocycles. The van der Waals surface area contributed by atoms with E-state index in [0.29, 0.717) is 13.0 Å². The van der Waals surface area contributed by atoms with Crippen LogP contribution in [0.3, 0.4) is 0 Å². The molecular formula is C19H29N3O2. The van der Waals surface area contributed by atoms with Gasteiger partial charge in [0, 0.05) is 37.3 Å². The molecule has 5 nitrogen and oxygen atoms in total. The molecule has 0 radical (unpaired) electrons. The van der Waals surface area contributed by atoms with Gasteiger partial charge in [-0.1, -0.05) is 25.0 Å². The predicted octanol–water partition coefficient (Wildman–Crippen LogP) is 1.96. The number of rotatable bonds is 6. The Labute approximate surface area is 144 Å². The molecule has 2 aliphatic rings. The number of nitrogens with two attached hydrogens (primary N) is 1. The van der Waals surface area contributed by atoms with Gasteiger partial charge < -0.3 is 15.8 Å². The number of nitrogen functional groups attached to an aromatic ring is 1. The highest BCUT2D eigenvalue weighted by Gasteiger charge is 2.41. The molecule has 1 aromatic rings. The number of carbonyl (C=O) groups is 1. The van der Waals surface area contributed by atoms with E-state index in [1.807, 2.05) is 24.3 Å². The lowest BCUT2D eigenvalue weighted by Gasteiger charge is -2.43. The van der Waals surface area contributed by atoms with Crippen molar-refractivity contribution in [3.8, 4) is 0 Å². The Morgan fingerprint density at radius 3 is 2.50 bits per heavy atom. The highest BCUT2D eigenvalue weighted by Crippen LogP contribution is 2.38. The lowest BCUT2D eigenvalue weighted by Crippen LogP contribution is -2.54. The quantitative estimate of drug-likeness (QED) is 0.782. The van der Waals surface area contributed by atoms with Crippen molar-refractivity contribution in [2.75, 3.05) is 38.6 Å². The highest BCUT2D eigenvalue weighted by molar-refractivity contribution is 5.77. The predicted molar refractivity (Wildman–Crippen MR) is 95.8 cm³/mol. The van der Waals surface area contributed by atoms with E-state index < -0.39 is 0 Å². The van der Waals surface area contributed by atoms with Crippen LogP contribution in [-0.4, -0.2) is 49.2 Å². The second kappa shape index (κ2) is 7.99. The monoisotopic (exact) mass is 331 g/mol. The largest absolute Gasteiger partial charge is 0.399 e. The zero-order valence-corrected chi connectivity index (χ0v) is 14.4. The van der Waals surface area contributed by atoms with Gasteiger partial charge >= 0.3 is 0 Å². The Bertz CT molecular complexity index is 532. The number of carbonyl (C=O) groups excluding carboxylic acids is 1. The summed E-state index contributed by atoms with van der Waals surface area (Å²) in [5.74, 6) is 0.179. The first-order chi connectivity index (χ1) is 11.7. The summed E-state index contributed by atoms with van der Waals surface area (Å²) in [6, 6.07) is 7.85. The van der Waals surface area contributed by atoms with Gasteiger partial charge in [0.15, 0.2) is 0 Å². The van der Waals surface area contributed by atoms with Gasteiger partial charge in [0.25, 0.3) is 0 Å². The zero-order chi connectivity index (χ0) is 16.8. The van der Waals surface area contributed by atoms with Crippen molar-refractivity contribution >= 4 is 11.6 Å². The summed E-state index contributed by atoms with van der Waals surface area (Å²) in [6.45, 7) is 4.18. The first-order valence-corrected chi connectivity index (χ1v) is 9.12. The van der Waals surface area contributed by atoms with Crippen molar-refractivity contribution in [2.45, 2.75) is 44.1 Å². The zero-order valence-electron chi connectivity index (χ0n) is 14.4. The van der Waals surface area contributed by atoms with Gasteiger partial charge in [-0.25, -0.2) is 0 Å². The van der Waals surface area contributed by atoms with Crippen LogP contribution in [0.2, 0.25) is 0 Å². The minimum atomic E-state index is 0.0645. The fourth-order valence-electron chi connectivity index (χ4n) is 4.07. The van der Waals surface area contributed by atoms with Gasteiger partial charge in [0.05, 0.1) is 13.2 Å². The number of hydrogen-bond donors (Lipinski definition) is 2. The molecule has 1 saturated heterocycles. The lowest BCUT2D eigenvalue weighted by atomic mass is 9.90. The minimum Gasteiger partial charge on any atom is -0.399 e. The summed E-state index contributed by atoms with van der Waals surface area (Å²) in [4.78, 5) is 15.0. The molecule has 3 rings (SSSR count). The third-order valence-electron chi connectivity index (χ3n) is 5.42. The third kappa shape index (κ3) is 4.28. The van der Waals surface area contributed by atoms with Crippen molar-refractivity contribution in [1.82, 2.24) is 10.2 Å². The topological polar surface area (TPSA) is 67.6 Å². The first kappa shape index (κ1) is 17.2. The maximum Gasteiger partial charge on any atom is 0.221 e. The van der Waals surface area contributed by atoms with Crippen LogP contribution in [0.15, 0.2) is 24.3 Å². The Morgan fingerprint density at radius 1 is 1.17 bits per heavy atom. The SMILES string of the molecule is Nc1ccc(CCNC(=O)CC2(N3CCOCC3)CCCC2)cc1. The van der Waals surface area contributed by atoms with Crippen molar-refractivity contribution in [3.63, 3.8) is 0 Å². The summed E-state index contributed by atoms with van der Waals surface area (Å²) in [6.07, 6.45) is 6.20. The van der Waals surface area contributed by atoms with E-state index in [1.54, 1.807) is 0 Å². The minimum absolute atomic E-state index is 0.0645. The van der Waals surface area contributed by atoms with Crippen LogP contribution in [0.5, 0.6) is 0 Å². The van der Waals surface area contributed by atoms with Crippen LogP contribution >= 0.6 is 0 Å². The number of ether oxygens (including phenoxy) is 1. The van der Waals surface area contributed by atoms with Gasteiger partial charge in [0.2, 0.25) is 5.91 Å². The molecule has 24 heavy (non-hydrogen) atoms. The molecule has 132 valence electrons. The molecule has 0 unspecified atom stereocenters. The standard InChI is InChI=1S/C19H29N3O2/c20-17-5-3-16(4-6-17)7-10-21-18(23)15-19(8-1-2-9-19)22-11-13-24-14-12-22/h3-6H,1-2,7-15,20H2,(H,21,23). The molecule has 0 aromatic heterocycles. The molecule has 1 amide bonds. The van der Waals surface area contributed by atoms with Crippen LogP contribution < -0.4 is 11.1 Å². The van der Waals surface area contributed by atoms with E-state index in [9.17, 15) is 4.79 Å². The maximum atomic E-state index is 12.5. The molecule has 2 fully saturated rings. The summed E-state index contributed by atoms with van der Waals surface area (Å²) in [5, 5.41) is 3.11. The normalized spacial score (nSPS) is 20.8.